The van der Waals surface area contributed by atoms with Gasteiger partial charge in [-0.05, 0) is 0 Å². The Balaban J connectivity index is 7.25. The van der Waals surface area contributed by atoms with Crippen molar-refractivity contribution in [1.82, 2.24) is 0 Å². The number of carboxylic acids is 8. The van der Waals surface area contributed by atoms with E-state index in [0.717, 1.165) is 0 Å². The number of hydrogen-bond acceptors (Lipinski definition) is 9. The van der Waals surface area contributed by atoms with E-state index in [0.29, 0.717) is 0 Å². The first-order valence-electron chi connectivity index (χ1n) is 8.91. The normalized spacial score (nSPS) is 17.9. The standard InChI is InChI=1S/C16H19O18P/c17-5(18)1-3(11(21)22)7(13(25)26)9(15(29)30)35(33,34)10(16(31)32)8(14(27)28)4(12(23)24)2-6(19)20/h3-4,7-10H,1-2H2,(H,17,18)(H,19,20)(H,21,22)(H,23,24)(H,25,26)(H,27,28)(H,29,30)(H,31,32)(H,33,34). The molecule has 0 fully saturated rings. The van der Waals surface area contributed by atoms with Gasteiger partial charge >= 0.3 is 47.8 Å². The number of hydrogen-bond donors (Lipinski definition) is 9. The molecular weight excluding hydrogens is 511 g/mol. The molecule has 0 aliphatic heterocycles. The molecule has 6 atom stereocenters. The van der Waals surface area contributed by atoms with Crippen LogP contribution < -0.4 is 0 Å². The molecule has 9 N–H and O–H groups in total. The molecule has 18 nitrogen and oxygen atoms in total. The van der Waals surface area contributed by atoms with E-state index in [9.17, 15) is 78.5 Å². The second kappa shape index (κ2) is 11.9. The van der Waals surface area contributed by atoms with Crippen LogP contribution in [0.25, 0.3) is 0 Å². The second-order valence-electron chi connectivity index (χ2n) is 7.05. The minimum absolute atomic E-state index is 1.63. The largest absolute Gasteiger partial charge is 0.481 e. The summed E-state index contributed by atoms with van der Waals surface area (Å²) in [6.07, 6.45) is -3.26. The third-order valence-corrected chi connectivity index (χ3v) is 7.52. The molecule has 0 amide bonds. The summed E-state index contributed by atoms with van der Waals surface area (Å²) in [6.45, 7) is 0. The highest BCUT2D eigenvalue weighted by atomic mass is 31.2. The maximum atomic E-state index is 13.2. The lowest BCUT2D eigenvalue weighted by molar-refractivity contribution is -0.160. The molecule has 0 aromatic rings. The molecule has 0 aromatic carbocycles. The number of carboxylic acid groups (broad SMARTS) is 8. The van der Waals surface area contributed by atoms with Crippen LogP contribution in [0.5, 0.6) is 0 Å². The summed E-state index contributed by atoms with van der Waals surface area (Å²) in [6, 6.07) is 0. The Morgan fingerprint density at radius 2 is 0.743 bits per heavy atom. The van der Waals surface area contributed by atoms with Crippen molar-refractivity contribution in [1.29, 1.82) is 0 Å². The van der Waals surface area contributed by atoms with E-state index in [1.807, 2.05) is 0 Å². The minimum Gasteiger partial charge on any atom is -0.481 e. The van der Waals surface area contributed by atoms with E-state index in [-0.39, 0.29) is 0 Å². The molecule has 0 bridgehead atoms. The molecular formula is C16H19O18P. The minimum atomic E-state index is -6.39. The molecule has 0 spiro atoms. The van der Waals surface area contributed by atoms with Crippen molar-refractivity contribution in [3.63, 3.8) is 0 Å². The fraction of sp³-hybridized carbons (Fsp3) is 0.500. The highest BCUT2D eigenvalue weighted by Crippen LogP contribution is 2.59. The molecule has 6 unspecified atom stereocenters. The Morgan fingerprint density at radius 1 is 0.486 bits per heavy atom. The van der Waals surface area contributed by atoms with Crippen molar-refractivity contribution in [2.24, 2.45) is 23.7 Å². The quantitative estimate of drug-likeness (QED) is 0.0966. The van der Waals surface area contributed by atoms with Crippen LogP contribution in [0.4, 0.5) is 0 Å². The summed E-state index contributed by atoms with van der Waals surface area (Å²) in [5, 5.41) is 73.7. The van der Waals surface area contributed by atoms with Crippen molar-refractivity contribution < 1.29 is 88.7 Å². The summed E-state index contributed by atoms with van der Waals surface area (Å²) in [5.41, 5.74) is -6.94. The van der Waals surface area contributed by atoms with E-state index in [2.05, 4.69) is 0 Å². The van der Waals surface area contributed by atoms with E-state index in [4.69, 9.17) is 10.2 Å². The smallest absolute Gasteiger partial charge is 0.317 e. The zero-order valence-electron chi connectivity index (χ0n) is 17.0. The van der Waals surface area contributed by atoms with Crippen molar-refractivity contribution in [2.75, 3.05) is 0 Å². The topological polar surface area (TPSA) is 336 Å². The maximum absolute atomic E-state index is 13.2. The molecule has 0 saturated heterocycles. The van der Waals surface area contributed by atoms with Gasteiger partial charge in [-0.2, -0.15) is 0 Å². The molecule has 19 heteroatoms. The lowest BCUT2D eigenvalue weighted by Crippen LogP contribution is -2.49. The summed E-state index contributed by atoms with van der Waals surface area (Å²) in [7, 11) is -6.39. The number of carbonyl (C=O) groups is 8. The lowest BCUT2D eigenvalue weighted by atomic mass is 9.86. The zero-order chi connectivity index (χ0) is 28.0. The van der Waals surface area contributed by atoms with Gasteiger partial charge < -0.3 is 45.7 Å². The van der Waals surface area contributed by atoms with Crippen molar-refractivity contribution in [3.05, 3.63) is 0 Å². The lowest BCUT2D eigenvalue weighted by Gasteiger charge is -2.34. The van der Waals surface area contributed by atoms with Crippen LogP contribution in [0.1, 0.15) is 12.8 Å². The predicted octanol–water partition coefficient (Wildman–Crippen LogP) is -2.08. The highest BCUT2D eigenvalue weighted by molar-refractivity contribution is 7.61. The Morgan fingerprint density at radius 3 is 0.886 bits per heavy atom. The van der Waals surface area contributed by atoms with Crippen LogP contribution in [-0.4, -0.2) is 105 Å². The molecule has 0 aromatic heterocycles. The van der Waals surface area contributed by atoms with Crippen LogP contribution in [0.2, 0.25) is 0 Å². The summed E-state index contributed by atoms with van der Waals surface area (Å²) in [4.78, 5) is 102. The van der Waals surface area contributed by atoms with Gasteiger partial charge in [0.15, 0.2) is 0 Å². The maximum Gasteiger partial charge on any atom is 0.317 e. The van der Waals surface area contributed by atoms with Gasteiger partial charge in [-0.15, -0.1) is 0 Å². The van der Waals surface area contributed by atoms with Crippen LogP contribution in [0.15, 0.2) is 0 Å². The summed E-state index contributed by atoms with van der Waals surface area (Å²) < 4.78 is 13.2. The number of aliphatic carboxylic acids is 8. The first-order valence-corrected chi connectivity index (χ1v) is 10.7. The van der Waals surface area contributed by atoms with Crippen LogP contribution >= 0.6 is 7.37 Å². The van der Waals surface area contributed by atoms with E-state index >= 15 is 0 Å². The fourth-order valence-corrected chi connectivity index (χ4v) is 5.99. The Bertz CT molecular complexity index is 909. The van der Waals surface area contributed by atoms with Gasteiger partial charge in [-0.3, -0.25) is 42.9 Å². The Kier molecular flexibility index (Phi) is 10.5. The first-order chi connectivity index (χ1) is 15.8. The molecule has 196 valence electrons. The third kappa shape index (κ3) is 7.47. The molecule has 0 radical (unpaired) electrons. The molecule has 0 rings (SSSR count). The fourth-order valence-electron chi connectivity index (χ4n) is 3.42. The molecule has 0 aliphatic rings. The average Bonchev–Trinajstić information content (AvgIpc) is 2.64. The van der Waals surface area contributed by atoms with Crippen LogP contribution in [0, 0.1) is 23.7 Å². The molecule has 35 heavy (non-hydrogen) atoms. The zero-order valence-corrected chi connectivity index (χ0v) is 17.9. The molecule has 0 aliphatic carbocycles. The SMILES string of the molecule is O=C(O)CC(C(=O)O)C(C(=O)O)C(C(=O)O)P(=O)(O)C(C(=O)O)C(C(=O)O)C(CC(=O)O)C(=O)O. The van der Waals surface area contributed by atoms with Gasteiger partial charge in [0, 0.05) is 0 Å². The average molecular weight is 530 g/mol. The third-order valence-electron chi connectivity index (χ3n) is 4.84. The van der Waals surface area contributed by atoms with Gasteiger partial charge in [0.25, 0.3) is 0 Å². The van der Waals surface area contributed by atoms with E-state index in [1.54, 1.807) is 0 Å². The first kappa shape index (κ1) is 30.9. The monoisotopic (exact) mass is 530 g/mol. The van der Waals surface area contributed by atoms with Crippen molar-refractivity contribution in [3.8, 4) is 0 Å². The Labute approximate surface area is 192 Å². The van der Waals surface area contributed by atoms with Gasteiger partial charge in [0.1, 0.15) is 11.3 Å². The molecule has 0 heterocycles. The Hall–Kier alpha value is -4.05. The van der Waals surface area contributed by atoms with E-state index < -0.39 is 103 Å². The predicted molar refractivity (Wildman–Crippen MR) is 102 cm³/mol. The van der Waals surface area contributed by atoms with Crippen molar-refractivity contribution in [2.45, 2.75) is 24.2 Å². The van der Waals surface area contributed by atoms with E-state index in [1.165, 1.54) is 0 Å². The second-order valence-corrected chi connectivity index (χ2v) is 9.51. The van der Waals surface area contributed by atoms with Gasteiger partial charge in [0.2, 0.25) is 7.37 Å². The summed E-state index contributed by atoms with van der Waals surface area (Å²) in [5.74, 6) is -30.6. The van der Waals surface area contributed by atoms with Crippen LogP contribution in [0.3, 0.4) is 0 Å². The highest BCUT2D eigenvalue weighted by Gasteiger charge is 2.61. The molecule has 0 saturated carbocycles. The van der Waals surface area contributed by atoms with Gasteiger partial charge in [-0.25, -0.2) is 0 Å². The van der Waals surface area contributed by atoms with Crippen LogP contribution in [-0.2, 0) is 42.9 Å². The van der Waals surface area contributed by atoms with Gasteiger partial charge in [0.05, 0.1) is 36.5 Å². The van der Waals surface area contributed by atoms with Gasteiger partial charge in [-0.1, -0.05) is 0 Å². The number of rotatable bonds is 16. The summed E-state index contributed by atoms with van der Waals surface area (Å²) >= 11 is 0. The van der Waals surface area contributed by atoms with Crippen molar-refractivity contribution >= 4 is 55.1 Å².